The first-order chi connectivity index (χ1) is 14.5. The highest BCUT2D eigenvalue weighted by atomic mass is 79.9. The summed E-state index contributed by atoms with van der Waals surface area (Å²) < 4.78 is 4.50. The van der Waals surface area contributed by atoms with E-state index < -0.39 is 0 Å². The van der Waals surface area contributed by atoms with Crippen molar-refractivity contribution in [2.75, 3.05) is 0 Å². The molecule has 0 aromatic heterocycles. The van der Waals surface area contributed by atoms with Crippen molar-refractivity contribution in [1.29, 1.82) is 0 Å². The van der Waals surface area contributed by atoms with Gasteiger partial charge in [-0.2, -0.15) is 0 Å². The summed E-state index contributed by atoms with van der Waals surface area (Å²) >= 11 is 14.9. The van der Waals surface area contributed by atoms with Crippen LogP contribution in [0.25, 0.3) is 22.3 Å². The second-order valence-electron chi connectivity index (χ2n) is 7.88. The van der Waals surface area contributed by atoms with Crippen LogP contribution in [-0.2, 0) is 0 Å². The molecule has 0 saturated carbocycles. The Morgan fingerprint density at radius 1 is 0.367 bits per heavy atom. The standard InChI is InChI=1S/C26H14Br4/c27-13-1-5-17-18-6-2-14(28)10-22(18)25(21(17)9-13)26-23-11-15(29)3-7-19(23)20-8-4-16(30)12-24(20)26/h1-12,25-26H. The highest BCUT2D eigenvalue weighted by Crippen LogP contribution is 2.59. The molecule has 0 nitrogen and oxygen atoms in total. The molecule has 2 aliphatic carbocycles. The van der Waals surface area contributed by atoms with Crippen LogP contribution in [0.1, 0.15) is 34.1 Å². The maximum atomic E-state index is 3.72. The lowest BCUT2D eigenvalue weighted by Crippen LogP contribution is -2.10. The zero-order chi connectivity index (χ0) is 20.6. The fourth-order valence-corrected chi connectivity index (χ4v) is 6.71. The SMILES string of the molecule is Brc1ccc2c(c1)C(C1c3cc(Br)ccc3-c3ccc(Br)cc31)c1cc(Br)ccc1-2. The van der Waals surface area contributed by atoms with E-state index in [4.69, 9.17) is 0 Å². The molecule has 0 unspecified atom stereocenters. The van der Waals surface area contributed by atoms with E-state index >= 15 is 0 Å². The third kappa shape index (κ3) is 2.87. The van der Waals surface area contributed by atoms with Crippen molar-refractivity contribution in [2.24, 2.45) is 0 Å². The predicted octanol–water partition coefficient (Wildman–Crippen LogP) is 9.66. The summed E-state index contributed by atoms with van der Waals surface area (Å²) in [4.78, 5) is 0. The molecule has 0 saturated heterocycles. The summed E-state index contributed by atoms with van der Waals surface area (Å²) in [5, 5.41) is 0. The lowest BCUT2D eigenvalue weighted by atomic mass is 9.78. The van der Waals surface area contributed by atoms with Crippen molar-refractivity contribution in [3.05, 3.63) is 113 Å². The monoisotopic (exact) mass is 642 g/mol. The van der Waals surface area contributed by atoms with Gasteiger partial charge in [-0.05, 0) is 93.0 Å². The number of hydrogen-bond acceptors (Lipinski definition) is 0. The van der Waals surface area contributed by atoms with Crippen molar-refractivity contribution in [2.45, 2.75) is 11.8 Å². The summed E-state index contributed by atoms with van der Waals surface area (Å²) in [7, 11) is 0. The zero-order valence-corrected chi connectivity index (χ0v) is 21.9. The lowest BCUT2D eigenvalue weighted by Gasteiger charge is -2.24. The topological polar surface area (TPSA) is 0 Å². The molecule has 6 rings (SSSR count). The largest absolute Gasteiger partial charge is 0.0529 e. The Labute approximate surface area is 209 Å². The van der Waals surface area contributed by atoms with Gasteiger partial charge in [-0.15, -0.1) is 0 Å². The first kappa shape index (κ1) is 19.5. The van der Waals surface area contributed by atoms with E-state index in [0.29, 0.717) is 0 Å². The first-order valence-electron chi connectivity index (χ1n) is 9.70. The van der Waals surface area contributed by atoms with Crippen LogP contribution in [0.2, 0.25) is 0 Å². The quantitative estimate of drug-likeness (QED) is 0.193. The van der Waals surface area contributed by atoms with Gasteiger partial charge in [-0.3, -0.25) is 0 Å². The molecule has 0 amide bonds. The Hall–Kier alpha value is -1.20. The van der Waals surface area contributed by atoms with Crippen LogP contribution in [0, 0.1) is 0 Å². The first-order valence-corrected chi connectivity index (χ1v) is 12.9. The average molecular weight is 646 g/mol. The van der Waals surface area contributed by atoms with Gasteiger partial charge in [-0.25, -0.2) is 0 Å². The molecule has 0 atom stereocenters. The third-order valence-electron chi connectivity index (χ3n) is 6.31. The highest BCUT2D eigenvalue weighted by molar-refractivity contribution is 9.11. The maximum absolute atomic E-state index is 3.72. The molecule has 0 fully saturated rings. The number of hydrogen-bond donors (Lipinski definition) is 0. The zero-order valence-electron chi connectivity index (χ0n) is 15.6. The molecule has 2 aliphatic rings. The lowest BCUT2D eigenvalue weighted by molar-refractivity contribution is 0.722. The smallest absolute Gasteiger partial charge is 0.0212 e. The van der Waals surface area contributed by atoms with Crippen LogP contribution >= 0.6 is 63.7 Å². The van der Waals surface area contributed by atoms with E-state index in [9.17, 15) is 0 Å². The van der Waals surface area contributed by atoms with Gasteiger partial charge < -0.3 is 0 Å². The van der Waals surface area contributed by atoms with E-state index in [1.54, 1.807) is 0 Å². The summed E-state index contributed by atoms with van der Waals surface area (Å²) in [6.07, 6.45) is 0. The Bertz CT molecular complexity index is 1150. The summed E-state index contributed by atoms with van der Waals surface area (Å²) in [6.45, 7) is 0. The van der Waals surface area contributed by atoms with Gasteiger partial charge in [0.25, 0.3) is 0 Å². The van der Waals surface area contributed by atoms with Crippen LogP contribution < -0.4 is 0 Å². The van der Waals surface area contributed by atoms with Gasteiger partial charge >= 0.3 is 0 Å². The number of rotatable bonds is 1. The molecule has 0 radical (unpaired) electrons. The number of benzene rings is 4. The Morgan fingerprint density at radius 2 is 0.600 bits per heavy atom. The van der Waals surface area contributed by atoms with Crippen LogP contribution in [0.4, 0.5) is 0 Å². The molecule has 4 heteroatoms. The van der Waals surface area contributed by atoms with E-state index in [0.717, 1.165) is 17.9 Å². The molecular weight excluding hydrogens is 632 g/mol. The average Bonchev–Trinajstić information content (AvgIpc) is 3.18. The fraction of sp³-hybridized carbons (Fsp3) is 0.0769. The van der Waals surface area contributed by atoms with Gasteiger partial charge in [-0.1, -0.05) is 88.0 Å². The van der Waals surface area contributed by atoms with Crippen LogP contribution in [0.15, 0.2) is 90.7 Å². The third-order valence-corrected chi connectivity index (χ3v) is 8.28. The van der Waals surface area contributed by atoms with Gasteiger partial charge in [0.2, 0.25) is 0 Å². The molecule has 0 aliphatic heterocycles. The Kier molecular flexibility index (Phi) is 4.65. The van der Waals surface area contributed by atoms with Crippen molar-refractivity contribution >= 4 is 63.7 Å². The summed E-state index contributed by atoms with van der Waals surface area (Å²) in [6, 6.07) is 26.8. The molecule has 0 N–H and O–H groups in total. The maximum Gasteiger partial charge on any atom is 0.0212 e. The van der Waals surface area contributed by atoms with E-state index in [-0.39, 0.29) is 11.8 Å². The van der Waals surface area contributed by atoms with Gasteiger partial charge in [0.05, 0.1) is 0 Å². The van der Waals surface area contributed by atoms with Gasteiger partial charge in [0.1, 0.15) is 0 Å². The van der Waals surface area contributed by atoms with Crippen LogP contribution in [0.5, 0.6) is 0 Å². The second-order valence-corrected chi connectivity index (χ2v) is 11.5. The van der Waals surface area contributed by atoms with Gasteiger partial charge in [0, 0.05) is 29.7 Å². The van der Waals surface area contributed by atoms with Crippen molar-refractivity contribution in [3.63, 3.8) is 0 Å². The van der Waals surface area contributed by atoms with E-state index in [1.165, 1.54) is 44.5 Å². The predicted molar refractivity (Wildman–Crippen MR) is 138 cm³/mol. The second kappa shape index (κ2) is 7.16. The van der Waals surface area contributed by atoms with Crippen molar-refractivity contribution in [3.8, 4) is 22.3 Å². The fourth-order valence-electron chi connectivity index (χ4n) is 5.20. The number of halogens is 4. The van der Waals surface area contributed by atoms with Crippen LogP contribution in [-0.4, -0.2) is 0 Å². The minimum atomic E-state index is 0.258. The minimum absolute atomic E-state index is 0.258. The molecular formula is C26H14Br4. The Morgan fingerprint density at radius 3 is 0.833 bits per heavy atom. The summed E-state index contributed by atoms with van der Waals surface area (Å²) in [5.41, 5.74) is 10.9. The van der Waals surface area contributed by atoms with Gasteiger partial charge in [0.15, 0.2) is 0 Å². The molecule has 0 heterocycles. The molecule has 4 aromatic rings. The minimum Gasteiger partial charge on any atom is -0.0529 e. The van der Waals surface area contributed by atoms with Crippen LogP contribution in [0.3, 0.4) is 0 Å². The van der Waals surface area contributed by atoms with E-state index in [2.05, 4.69) is 137 Å². The molecule has 4 aromatic carbocycles. The summed E-state index contributed by atoms with van der Waals surface area (Å²) in [5.74, 6) is 0.516. The highest BCUT2D eigenvalue weighted by Gasteiger charge is 2.41. The van der Waals surface area contributed by atoms with E-state index in [1.807, 2.05) is 0 Å². The van der Waals surface area contributed by atoms with Crippen molar-refractivity contribution in [1.82, 2.24) is 0 Å². The molecule has 0 bridgehead atoms. The normalized spacial score (nSPS) is 14.4. The molecule has 0 spiro atoms. The molecule has 146 valence electrons. The molecule has 30 heavy (non-hydrogen) atoms. The van der Waals surface area contributed by atoms with Crippen molar-refractivity contribution < 1.29 is 0 Å². The number of fused-ring (bicyclic) bond motifs is 6. The Balaban J connectivity index is 1.69.